The zero-order chi connectivity index (χ0) is 22.5. The van der Waals surface area contributed by atoms with Gasteiger partial charge in [-0.2, -0.15) is 0 Å². The fourth-order valence-corrected chi connectivity index (χ4v) is 4.68. The highest BCUT2D eigenvalue weighted by atomic mass is 16.5. The van der Waals surface area contributed by atoms with Gasteiger partial charge in [0.15, 0.2) is 0 Å². The van der Waals surface area contributed by atoms with Crippen LogP contribution < -0.4 is 15.8 Å². The molecule has 1 fully saturated rings. The van der Waals surface area contributed by atoms with Gasteiger partial charge >= 0.3 is 5.97 Å². The smallest absolute Gasteiger partial charge is 0.337 e. The summed E-state index contributed by atoms with van der Waals surface area (Å²) in [6, 6.07) is 5.80. The van der Waals surface area contributed by atoms with E-state index in [0.29, 0.717) is 37.5 Å². The van der Waals surface area contributed by atoms with Crippen LogP contribution in [-0.4, -0.2) is 51.8 Å². The van der Waals surface area contributed by atoms with Crippen molar-refractivity contribution in [1.82, 2.24) is 20.3 Å². The van der Waals surface area contributed by atoms with E-state index in [4.69, 9.17) is 10.5 Å². The molecule has 3 aromatic heterocycles. The van der Waals surface area contributed by atoms with Crippen molar-refractivity contribution < 1.29 is 14.6 Å². The summed E-state index contributed by atoms with van der Waals surface area (Å²) in [6.45, 7) is 5.66. The SMILES string of the molecule is CC(C)Oc1ccc(-c2cc3c(cn2)CCc2c-3[nH]c(C3(CN)CNC3)c2C(=O)O)cn1. The lowest BCUT2D eigenvalue weighted by Gasteiger charge is -2.41. The third-order valence-electron chi connectivity index (χ3n) is 6.45. The number of H-pyrrole nitrogens is 1. The summed E-state index contributed by atoms with van der Waals surface area (Å²) in [7, 11) is 0. The fraction of sp³-hybridized carbons (Fsp3) is 0.375. The molecule has 4 heterocycles. The molecule has 0 saturated carbocycles. The lowest BCUT2D eigenvalue weighted by Crippen LogP contribution is -2.61. The number of pyridine rings is 2. The van der Waals surface area contributed by atoms with Crippen molar-refractivity contribution in [3.05, 3.63) is 53.0 Å². The van der Waals surface area contributed by atoms with Crippen LogP contribution in [0.2, 0.25) is 0 Å². The van der Waals surface area contributed by atoms with Crippen LogP contribution in [0.3, 0.4) is 0 Å². The maximum absolute atomic E-state index is 12.3. The molecule has 1 aliphatic heterocycles. The normalized spacial score (nSPS) is 16.2. The number of fused-ring (bicyclic) bond motifs is 3. The van der Waals surface area contributed by atoms with E-state index in [1.807, 2.05) is 38.2 Å². The van der Waals surface area contributed by atoms with Gasteiger partial charge in [-0.3, -0.25) is 4.98 Å². The van der Waals surface area contributed by atoms with Crippen LogP contribution in [-0.2, 0) is 18.3 Å². The molecule has 2 aliphatic rings. The van der Waals surface area contributed by atoms with E-state index < -0.39 is 5.97 Å². The molecular formula is C24H27N5O3. The number of hydrogen-bond acceptors (Lipinski definition) is 6. The molecule has 8 nitrogen and oxygen atoms in total. The van der Waals surface area contributed by atoms with Crippen molar-refractivity contribution in [3.63, 3.8) is 0 Å². The van der Waals surface area contributed by atoms with Gasteiger partial charge in [-0.05, 0) is 49.9 Å². The molecule has 0 atom stereocenters. The number of hydrogen-bond donors (Lipinski definition) is 4. The Bertz CT molecular complexity index is 1170. The Balaban J connectivity index is 1.58. The van der Waals surface area contributed by atoms with Gasteiger partial charge < -0.3 is 25.9 Å². The second-order valence-corrected chi connectivity index (χ2v) is 8.90. The lowest BCUT2D eigenvalue weighted by atomic mass is 9.76. The number of rotatable bonds is 6. The maximum atomic E-state index is 12.3. The van der Waals surface area contributed by atoms with Crippen molar-refractivity contribution >= 4 is 5.97 Å². The molecule has 0 spiro atoms. The zero-order valence-corrected chi connectivity index (χ0v) is 18.2. The number of nitrogens with one attached hydrogen (secondary N) is 2. The van der Waals surface area contributed by atoms with E-state index in [2.05, 4.69) is 20.3 Å². The zero-order valence-electron chi connectivity index (χ0n) is 18.2. The molecule has 5 rings (SSSR count). The van der Waals surface area contributed by atoms with Crippen molar-refractivity contribution in [2.75, 3.05) is 19.6 Å². The monoisotopic (exact) mass is 433 g/mol. The average Bonchev–Trinajstić information content (AvgIpc) is 3.13. The third-order valence-corrected chi connectivity index (χ3v) is 6.45. The first-order valence-corrected chi connectivity index (χ1v) is 10.9. The van der Waals surface area contributed by atoms with Gasteiger partial charge in [0.05, 0.1) is 23.1 Å². The Morgan fingerprint density at radius 1 is 1.25 bits per heavy atom. The standard InChI is InChI=1S/C24H27N5O3/c1-13(2)32-19-6-4-15(9-28-19)18-7-17-14(8-27-18)3-5-16-20(23(30)31)22(29-21(16)17)24(10-25)11-26-12-24/h4,6-9,13,26,29H,3,5,10-12,25H2,1-2H3,(H,30,31). The summed E-state index contributed by atoms with van der Waals surface area (Å²) in [5.74, 6) is -0.329. The minimum atomic E-state index is -0.903. The van der Waals surface area contributed by atoms with Gasteiger partial charge in [0, 0.05) is 60.3 Å². The van der Waals surface area contributed by atoms with Gasteiger partial charge in [-0.15, -0.1) is 0 Å². The molecule has 8 heteroatoms. The van der Waals surface area contributed by atoms with Crippen LogP contribution >= 0.6 is 0 Å². The summed E-state index contributed by atoms with van der Waals surface area (Å²) >= 11 is 0. The topological polar surface area (TPSA) is 126 Å². The second-order valence-electron chi connectivity index (χ2n) is 8.90. The quantitative estimate of drug-likeness (QED) is 0.470. The highest BCUT2D eigenvalue weighted by Crippen LogP contribution is 2.41. The van der Waals surface area contributed by atoms with Gasteiger partial charge in [0.25, 0.3) is 0 Å². The van der Waals surface area contributed by atoms with Crippen molar-refractivity contribution in [2.45, 2.75) is 38.2 Å². The van der Waals surface area contributed by atoms with Gasteiger partial charge in [-0.1, -0.05) is 0 Å². The summed E-state index contributed by atoms with van der Waals surface area (Å²) in [5.41, 5.74) is 12.3. The Kier molecular flexibility index (Phi) is 4.98. The number of aromatic nitrogens is 3. The molecule has 1 aliphatic carbocycles. The Morgan fingerprint density at radius 2 is 2.06 bits per heavy atom. The van der Waals surface area contributed by atoms with Gasteiger partial charge in [0.1, 0.15) is 0 Å². The van der Waals surface area contributed by atoms with Gasteiger partial charge in [0.2, 0.25) is 5.88 Å². The highest BCUT2D eigenvalue weighted by Gasteiger charge is 2.43. The van der Waals surface area contributed by atoms with E-state index in [-0.39, 0.29) is 11.5 Å². The number of nitrogens with zero attached hydrogens (tertiary/aromatic N) is 2. The van der Waals surface area contributed by atoms with Crippen molar-refractivity contribution in [3.8, 4) is 28.4 Å². The minimum Gasteiger partial charge on any atom is -0.478 e. The van der Waals surface area contributed by atoms with E-state index in [0.717, 1.165) is 45.8 Å². The largest absolute Gasteiger partial charge is 0.478 e. The van der Waals surface area contributed by atoms with Crippen molar-refractivity contribution in [2.24, 2.45) is 5.73 Å². The molecule has 166 valence electrons. The number of carbonyl (C=O) groups is 1. The summed E-state index contributed by atoms with van der Waals surface area (Å²) in [4.78, 5) is 24.8. The molecule has 0 unspecified atom stereocenters. The molecule has 0 bridgehead atoms. The minimum absolute atomic E-state index is 0.0572. The molecule has 32 heavy (non-hydrogen) atoms. The van der Waals surface area contributed by atoms with Crippen LogP contribution in [0.5, 0.6) is 5.88 Å². The number of ether oxygens (including phenoxy) is 1. The number of aromatic carboxylic acids is 1. The summed E-state index contributed by atoms with van der Waals surface area (Å²) in [5, 5.41) is 13.3. The highest BCUT2D eigenvalue weighted by molar-refractivity contribution is 5.95. The van der Waals surface area contributed by atoms with E-state index in [1.54, 1.807) is 6.20 Å². The molecule has 0 radical (unpaired) electrons. The van der Waals surface area contributed by atoms with Gasteiger partial charge in [-0.25, -0.2) is 9.78 Å². The van der Waals surface area contributed by atoms with Crippen LogP contribution in [0, 0.1) is 0 Å². The lowest BCUT2D eigenvalue weighted by molar-refractivity contribution is 0.0691. The molecule has 1 saturated heterocycles. The van der Waals surface area contributed by atoms with Crippen molar-refractivity contribution in [1.29, 1.82) is 0 Å². The molecule has 5 N–H and O–H groups in total. The first-order chi connectivity index (χ1) is 15.4. The number of aryl methyl sites for hydroxylation is 1. The first-order valence-electron chi connectivity index (χ1n) is 10.9. The second kappa shape index (κ2) is 7.72. The molecule has 0 amide bonds. The first kappa shape index (κ1) is 20.7. The average molecular weight is 434 g/mol. The fourth-order valence-electron chi connectivity index (χ4n) is 4.68. The molecular weight excluding hydrogens is 406 g/mol. The van der Waals surface area contributed by atoms with Crippen LogP contribution in [0.25, 0.3) is 22.5 Å². The van der Waals surface area contributed by atoms with Crippen LogP contribution in [0.15, 0.2) is 30.6 Å². The number of carboxylic acids is 1. The number of nitrogens with two attached hydrogens (primary N) is 1. The molecule has 0 aromatic carbocycles. The van der Waals surface area contributed by atoms with Crippen LogP contribution in [0.1, 0.15) is 41.0 Å². The maximum Gasteiger partial charge on any atom is 0.337 e. The van der Waals surface area contributed by atoms with E-state index in [1.165, 1.54) is 0 Å². The number of aromatic amines is 1. The van der Waals surface area contributed by atoms with E-state index in [9.17, 15) is 9.90 Å². The Morgan fingerprint density at radius 3 is 2.66 bits per heavy atom. The third kappa shape index (κ3) is 3.27. The Hall–Kier alpha value is -3.23. The molecule has 3 aromatic rings. The van der Waals surface area contributed by atoms with E-state index >= 15 is 0 Å². The predicted molar refractivity (Wildman–Crippen MR) is 121 cm³/mol. The Labute approximate surface area is 186 Å². The van der Waals surface area contributed by atoms with Crippen LogP contribution in [0.4, 0.5) is 0 Å². The summed E-state index contributed by atoms with van der Waals surface area (Å²) < 4.78 is 5.63. The predicted octanol–water partition coefficient (Wildman–Crippen LogP) is 2.52. The summed E-state index contributed by atoms with van der Waals surface area (Å²) in [6.07, 6.45) is 5.11. The number of carboxylic acid groups (broad SMARTS) is 1.